The molecule has 4 fully saturated rings. The maximum atomic E-state index is 13.0. The van der Waals surface area contributed by atoms with E-state index < -0.39 is 5.97 Å². The molecule has 0 aromatic heterocycles. The van der Waals surface area contributed by atoms with E-state index in [9.17, 15) is 24.6 Å². The molecule has 11 atom stereocenters. The van der Waals surface area contributed by atoms with Gasteiger partial charge in [-0.3, -0.25) is 14.4 Å². The highest BCUT2D eigenvalue weighted by atomic mass is 16.5. The predicted octanol–water partition coefficient (Wildman–Crippen LogP) is 6.15. The van der Waals surface area contributed by atoms with Crippen molar-refractivity contribution in [2.24, 2.45) is 46.3 Å². The zero-order chi connectivity index (χ0) is 28.5. The van der Waals surface area contributed by atoms with E-state index >= 15 is 0 Å². The number of carbonyl (C=O) groups excluding carboxylic acids is 2. The van der Waals surface area contributed by atoms with E-state index in [1.807, 2.05) is 13.8 Å². The van der Waals surface area contributed by atoms with Crippen molar-refractivity contribution in [3.05, 3.63) is 0 Å². The van der Waals surface area contributed by atoms with Crippen molar-refractivity contribution < 1.29 is 34.1 Å². The third-order valence-electron chi connectivity index (χ3n) is 11.7. The first kappa shape index (κ1) is 30.3. The third-order valence-corrected chi connectivity index (χ3v) is 11.7. The highest BCUT2D eigenvalue weighted by Crippen LogP contribution is 2.69. The van der Waals surface area contributed by atoms with Crippen LogP contribution in [-0.4, -0.2) is 46.4 Å². The zero-order valence-electron chi connectivity index (χ0n) is 24.8. The minimum Gasteiger partial charge on any atom is -0.481 e. The Bertz CT molecular complexity index is 903. The summed E-state index contributed by atoms with van der Waals surface area (Å²) in [5.41, 5.74) is -0.295. The topological polar surface area (TPSA) is 110 Å². The minimum absolute atomic E-state index is 0.00130. The van der Waals surface area contributed by atoms with Crippen LogP contribution in [0.25, 0.3) is 0 Å². The highest BCUT2D eigenvalue weighted by Gasteiger charge is 2.67. The molecule has 4 aliphatic rings. The molecule has 0 aromatic carbocycles. The molecule has 39 heavy (non-hydrogen) atoms. The van der Waals surface area contributed by atoms with Crippen molar-refractivity contribution in [1.29, 1.82) is 0 Å². The fourth-order valence-corrected chi connectivity index (χ4v) is 9.78. The molecule has 0 bridgehead atoms. The number of carbonyl (C=O) groups is 3. The van der Waals surface area contributed by atoms with Crippen molar-refractivity contribution in [2.75, 3.05) is 0 Å². The monoisotopic (exact) mass is 548 g/mol. The van der Waals surface area contributed by atoms with Crippen molar-refractivity contribution in [2.45, 2.75) is 136 Å². The number of aliphatic carboxylic acids is 1. The van der Waals surface area contributed by atoms with Gasteiger partial charge in [0.2, 0.25) is 0 Å². The Morgan fingerprint density at radius 2 is 1.56 bits per heavy atom. The number of hydrogen-bond acceptors (Lipinski definition) is 6. The Hall–Kier alpha value is -1.63. The molecule has 7 nitrogen and oxygen atoms in total. The second kappa shape index (κ2) is 12.1. The third kappa shape index (κ3) is 5.76. The number of rotatable bonds is 10. The summed E-state index contributed by atoms with van der Waals surface area (Å²) in [6, 6.07) is 0. The number of aliphatic hydroxyl groups is 1. The molecule has 0 aliphatic heterocycles. The molecule has 0 saturated heterocycles. The smallest absolute Gasteiger partial charge is 0.306 e. The number of ether oxygens (including phenoxy) is 2. The Kier molecular flexibility index (Phi) is 9.40. The summed E-state index contributed by atoms with van der Waals surface area (Å²) in [4.78, 5) is 37.3. The Balaban J connectivity index is 1.74. The van der Waals surface area contributed by atoms with E-state index in [1.165, 1.54) is 0 Å². The minimum atomic E-state index is -0.773. The lowest BCUT2D eigenvalue weighted by molar-refractivity contribution is -0.224. The maximum Gasteiger partial charge on any atom is 0.306 e. The van der Waals surface area contributed by atoms with E-state index in [0.717, 1.165) is 57.8 Å². The summed E-state index contributed by atoms with van der Waals surface area (Å²) in [7, 11) is 0. The number of hydrogen-bond donors (Lipinski definition) is 2. The van der Waals surface area contributed by atoms with Crippen LogP contribution in [0.5, 0.6) is 0 Å². The number of carboxylic acids is 1. The van der Waals surface area contributed by atoms with E-state index in [4.69, 9.17) is 9.47 Å². The molecule has 0 aromatic rings. The van der Waals surface area contributed by atoms with E-state index in [2.05, 4.69) is 20.8 Å². The molecule has 2 N–H and O–H groups in total. The Morgan fingerprint density at radius 1 is 0.897 bits per heavy atom. The summed E-state index contributed by atoms with van der Waals surface area (Å²) < 4.78 is 12.7. The number of carboxylic acid groups (broad SMARTS) is 1. The van der Waals surface area contributed by atoms with Gasteiger partial charge in [-0.1, -0.05) is 34.6 Å². The van der Waals surface area contributed by atoms with Crippen LogP contribution in [0.15, 0.2) is 0 Å². The molecular formula is C32H52O7. The molecule has 4 saturated carbocycles. The summed E-state index contributed by atoms with van der Waals surface area (Å²) in [6.07, 6.45) is 8.25. The lowest BCUT2D eigenvalue weighted by Crippen LogP contribution is -2.63. The number of aliphatic hydroxyl groups excluding tert-OH is 1. The van der Waals surface area contributed by atoms with Crippen LogP contribution >= 0.6 is 0 Å². The molecule has 4 rings (SSSR count). The van der Waals surface area contributed by atoms with Gasteiger partial charge in [0.25, 0.3) is 0 Å². The van der Waals surface area contributed by atoms with Gasteiger partial charge in [-0.15, -0.1) is 0 Å². The van der Waals surface area contributed by atoms with Gasteiger partial charge in [0.05, 0.1) is 6.10 Å². The van der Waals surface area contributed by atoms with Crippen LogP contribution in [0.4, 0.5) is 0 Å². The fraction of sp³-hybridized carbons (Fsp3) is 0.906. The Labute approximate surface area is 234 Å². The molecule has 0 heterocycles. The van der Waals surface area contributed by atoms with Gasteiger partial charge in [-0.2, -0.15) is 0 Å². The molecular weight excluding hydrogens is 496 g/mol. The van der Waals surface area contributed by atoms with Gasteiger partial charge in [0.15, 0.2) is 0 Å². The molecule has 0 unspecified atom stereocenters. The molecule has 0 amide bonds. The summed E-state index contributed by atoms with van der Waals surface area (Å²) in [6.45, 7) is 10.8. The van der Waals surface area contributed by atoms with Crippen molar-refractivity contribution in [1.82, 2.24) is 0 Å². The van der Waals surface area contributed by atoms with Crippen LogP contribution in [0.1, 0.15) is 118 Å². The lowest BCUT2D eigenvalue weighted by atomic mass is 9.43. The summed E-state index contributed by atoms with van der Waals surface area (Å²) in [5, 5.41) is 20.0. The molecule has 222 valence electrons. The Morgan fingerprint density at radius 3 is 2.21 bits per heavy atom. The molecule has 7 heteroatoms. The first-order chi connectivity index (χ1) is 18.4. The van der Waals surface area contributed by atoms with Gasteiger partial charge in [-0.25, -0.2) is 0 Å². The van der Waals surface area contributed by atoms with Gasteiger partial charge in [0, 0.05) is 30.6 Å². The normalized spacial score (nSPS) is 42.0. The van der Waals surface area contributed by atoms with Crippen LogP contribution < -0.4 is 0 Å². The first-order valence-corrected chi connectivity index (χ1v) is 15.7. The van der Waals surface area contributed by atoms with Crippen LogP contribution in [0.2, 0.25) is 0 Å². The van der Waals surface area contributed by atoms with Gasteiger partial charge in [0.1, 0.15) is 12.2 Å². The summed E-state index contributed by atoms with van der Waals surface area (Å²) in [5.74, 6) is 0.312. The van der Waals surface area contributed by atoms with Crippen molar-refractivity contribution in [3.63, 3.8) is 0 Å². The van der Waals surface area contributed by atoms with Crippen LogP contribution in [-0.2, 0) is 23.9 Å². The SMILES string of the molecule is CCCC(=O)O[C@H]1C[C@H]2[C@@H]([C@H](OC(=O)CCC)C[C@@H]3C[C@H](O)CC[C@@]32C)[C@@H]2CC[C@H]([C@H](C)CCC(=O)O)[C@@]12C. The summed E-state index contributed by atoms with van der Waals surface area (Å²) >= 11 is 0. The predicted molar refractivity (Wildman–Crippen MR) is 148 cm³/mol. The standard InChI is InChI=1S/C32H52O7/c1-6-8-28(36)38-25-17-20-16-21(33)14-15-31(20,4)24-18-26(39-29(37)9-7-2)32(5)22(11-12-23(32)30(24)25)19(3)10-13-27(34)35/h19-26,30,33H,6-18H2,1-5H3,(H,34,35)/t19-,20+,21-,22-,23+,24+,25-,26+,30+,31+,32-/m1/s1. The molecule has 0 radical (unpaired) electrons. The fourth-order valence-electron chi connectivity index (χ4n) is 9.78. The van der Waals surface area contributed by atoms with Gasteiger partial charge < -0.3 is 19.7 Å². The average molecular weight is 549 g/mol. The van der Waals surface area contributed by atoms with Gasteiger partial charge in [-0.05, 0) is 99.2 Å². The van der Waals surface area contributed by atoms with Gasteiger partial charge >= 0.3 is 17.9 Å². The second-order valence-corrected chi connectivity index (χ2v) is 13.9. The highest BCUT2D eigenvalue weighted by molar-refractivity contribution is 5.70. The van der Waals surface area contributed by atoms with E-state index in [1.54, 1.807) is 0 Å². The average Bonchev–Trinajstić information content (AvgIpc) is 3.22. The lowest BCUT2D eigenvalue weighted by Gasteiger charge is -2.64. The quantitative estimate of drug-likeness (QED) is 0.315. The number of esters is 2. The van der Waals surface area contributed by atoms with E-state index in [-0.39, 0.29) is 83.0 Å². The second-order valence-electron chi connectivity index (χ2n) is 13.9. The zero-order valence-corrected chi connectivity index (χ0v) is 24.8. The van der Waals surface area contributed by atoms with Crippen LogP contribution in [0, 0.1) is 46.3 Å². The first-order valence-electron chi connectivity index (χ1n) is 15.7. The molecule has 4 aliphatic carbocycles. The van der Waals surface area contributed by atoms with Crippen molar-refractivity contribution in [3.8, 4) is 0 Å². The van der Waals surface area contributed by atoms with Crippen LogP contribution in [0.3, 0.4) is 0 Å². The van der Waals surface area contributed by atoms with E-state index in [0.29, 0.717) is 19.3 Å². The number of fused-ring (bicyclic) bond motifs is 5. The van der Waals surface area contributed by atoms with Crippen molar-refractivity contribution >= 4 is 17.9 Å². The maximum absolute atomic E-state index is 13.0. The largest absolute Gasteiger partial charge is 0.481 e. The molecule has 0 spiro atoms.